The Morgan fingerprint density at radius 1 is 1.15 bits per heavy atom. The average Bonchev–Trinajstić information content (AvgIpc) is 2.97. The molecule has 1 aliphatic heterocycles. The summed E-state index contributed by atoms with van der Waals surface area (Å²) in [4.78, 5) is 0. The van der Waals surface area contributed by atoms with Gasteiger partial charge in [-0.05, 0) is 0 Å². The van der Waals surface area contributed by atoms with Crippen LogP contribution >= 0.6 is 0 Å². The molecule has 3 rings (SSSR count). The molecule has 0 atom stereocenters. The van der Waals surface area contributed by atoms with E-state index in [1.54, 1.807) is 17.3 Å². The first-order valence-electron chi connectivity index (χ1n) is 6.81. The van der Waals surface area contributed by atoms with Crippen LogP contribution < -0.4 is 30.0 Å². The fraction of sp³-hybridized carbons (Fsp3) is 0.438. The summed E-state index contributed by atoms with van der Waals surface area (Å²) in [6, 6.07) is 13.8. The first-order valence-corrected chi connectivity index (χ1v) is 9.43. The van der Waals surface area contributed by atoms with Gasteiger partial charge in [0.15, 0.2) is 0 Å². The van der Waals surface area contributed by atoms with Crippen LogP contribution in [-0.4, -0.2) is 8.07 Å². The van der Waals surface area contributed by atoms with Crippen molar-refractivity contribution in [3.05, 3.63) is 48.6 Å². The summed E-state index contributed by atoms with van der Waals surface area (Å²) in [5.41, 5.74) is 0. The van der Waals surface area contributed by atoms with Gasteiger partial charge in [-0.1, -0.05) is 37.9 Å². The molecule has 4 heteroatoms. The summed E-state index contributed by atoms with van der Waals surface area (Å²) in [6.45, 7) is 2.33. The van der Waals surface area contributed by atoms with Crippen molar-refractivity contribution in [1.29, 1.82) is 0 Å². The zero-order valence-electron chi connectivity index (χ0n) is 12.0. The molecule has 1 saturated heterocycles. The molecule has 0 bridgehead atoms. The van der Waals surface area contributed by atoms with Gasteiger partial charge in [-0.25, -0.2) is 24.3 Å². The zero-order valence-corrected chi connectivity index (χ0v) is 18.1. The standard InChI is InChI=1S/C11H17Si.C5H5.2ClH.Hf/c1-2-8-12(9-5-10-12)11-6-3-4-7-11;1-2-4-5-3-1;;;/h3-4,6-7H,2,5,8-10H2,1H3;1-3H,4H2;2*1H;/q2*-1;;;+4/p-2. The summed E-state index contributed by atoms with van der Waals surface area (Å²) < 4.78 is 0. The van der Waals surface area contributed by atoms with Gasteiger partial charge in [-0.15, -0.1) is 6.42 Å². The predicted octanol–water partition coefficient (Wildman–Crippen LogP) is -1.81. The van der Waals surface area contributed by atoms with Gasteiger partial charge in [0.25, 0.3) is 0 Å². The van der Waals surface area contributed by atoms with Crippen molar-refractivity contribution in [3.63, 3.8) is 0 Å². The maximum absolute atomic E-state index is 2.99. The average molecular weight is 492 g/mol. The molecule has 1 aromatic rings. The fourth-order valence-corrected chi connectivity index (χ4v) is 7.26. The van der Waals surface area contributed by atoms with Crippen LogP contribution in [0.15, 0.2) is 42.5 Å². The van der Waals surface area contributed by atoms with Crippen LogP contribution in [0.1, 0.15) is 26.2 Å². The van der Waals surface area contributed by atoms with Crippen LogP contribution in [0.5, 0.6) is 0 Å². The molecule has 0 amide bonds. The SMILES string of the molecule is CCC[Si]1([c-]2cccc2)CCC1.[C-]1=CC=CC1.[Cl-].[Cl-].[Hf+4]. The minimum absolute atomic E-state index is 0. The first-order chi connectivity index (χ1) is 8.37. The number of hydrogen-bond donors (Lipinski definition) is 0. The Bertz CT molecular complexity index is 371. The maximum atomic E-state index is 2.99. The third-order valence-electron chi connectivity index (χ3n) is 3.90. The fourth-order valence-electron chi connectivity index (χ4n) is 2.83. The van der Waals surface area contributed by atoms with E-state index in [0.717, 1.165) is 6.42 Å². The predicted molar refractivity (Wildman–Crippen MR) is 78.3 cm³/mol. The third kappa shape index (κ3) is 6.09. The molecule has 1 heterocycles. The van der Waals surface area contributed by atoms with Gasteiger partial charge in [0.2, 0.25) is 0 Å². The molecule has 20 heavy (non-hydrogen) atoms. The molecule has 0 aromatic heterocycles. The summed E-state index contributed by atoms with van der Waals surface area (Å²) in [7, 11) is -0.867. The minimum Gasteiger partial charge on any atom is -1.00 e. The number of halogens is 2. The second kappa shape index (κ2) is 12.1. The molecular formula is C16H22Cl2HfSi. The molecule has 108 valence electrons. The van der Waals surface area contributed by atoms with E-state index < -0.39 is 8.07 Å². The molecule has 0 spiro atoms. The van der Waals surface area contributed by atoms with E-state index in [1.165, 1.54) is 18.9 Å². The van der Waals surface area contributed by atoms with Gasteiger partial charge in [0, 0.05) is 8.07 Å². The van der Waals surface area contributed by atoms with Gasteiger partial charge in [0.1, 0.15) is 0 Å². The van der Waals surface area contributed by atoms with Gasteiger partial charge in [-0.3, -0.25) is 6.08 Å². The van der Waals surface area contributed by atoms with Gasteiger partial charge in [0.05, 0.1) is 0 Å². The summed E-state index contributed by atoms with van der Waals surface area (Å²) in [5, 5.41) is 1.73. The summed E-state index contributed by atoms with van der Waals surface area (Å²) >= 11 is 0. The van der Waals surface area contributed by atoms with Gasteiger partial charge >= 0.3 is 25.8 Å². The Hall–Kier alpha value is 0.497. The first kappa shape index (κ1) is 22.8. The van der Waals surface area contributed by atoms with E-state index in [0.29, 0.717) is 0 Å². The van der Waals surface area contributed by atoms with Gasteiger partial charge in [-0.2, -0.15) is 23.4 Å². The van der Waals surface area contributed by atoms with E-state index >= 15 is 0 Å². The van der Waals surface area contributed by atoms with Crippen molar-refractivity contribution in [3.8, 4) is 0 Å². The van der Waals surface area contributed by atoms with Crippen molar-refractivity contribution in [1.82, 2.24) is 0 Å². The Labute approximate surface area is 156 Å². The number of rotatable bonds is 3. The van der Waals surface area contributed by atoms with E-state index in [4.69, 9.17) is 0 Å². The van der Waals surface area contributed by atoms with Crippen LogP contribution in [0.4, 0.5) is 0 Å². The second-order valence-corrected chi connectivity index (χ2v) is 9.70. The van der Waals surface area contributed by atoms with E-state index in [1.807, 2.05) is 12.2 Å². The Morgan fingerprint density at radius 3 is 2.10 bits per heavy atom. The quantitative estimate of drug-likeness (QED) is 0.345. The van der Waals surface area contributed by atoms with Crippen molar-refractivity contribution < 1.29 is 50.7 Å². The van der Waals surface area contributed by atoms with Crippen molar-refractivity contribution in [2.24, 2.45) is 0 Å². The molecule has 0 radical (unpaired) electrons. The number of allylic oxidation sites excluding steroid dienone is 4. The molecule has 0 nitrogen and oxygen atoms in total. The monoisotopic (exact) mass is 492 g/mol. The van der Waals surface area contributed by atoms with Crippen LogP contribution in [0.2, 0.25) is 18.1 Å². The smallest absolute Gasteiger partial charge is 1.00 e. The van der Waals surface area contributed by atoms with Crippen LogP contribution in [-0.2, 0) is 25.8 Å². The normalized spacial score (nSPS) is 16.6. The van der Waals surface area contributed by atoms with Crippen molar-refractivity contribution in [2.45, 2.75) is 44.3 Å². The van der Waals surface area contributed by atoms with E-state index in [2.05, 4.69) is 43.3 Å². The van der Waals surface area contributed by atoms with E-state index in [9.17, 15) is 0 Å². The Morgan fingerprint density at radius 2 is 1.80 bits per heavy atom. The third-order valence-corrected chi connectivity index (χ3v) is 9.54. The van der Waals surface area contributed by atoms with Crippen LogP contribution in [0.3, 0.4) is 0 Å². The molecule has 1 fully saturated rings. The molecule has 1 aromatic carbocycles. The van der Waals surface area contributed by atoms with E-state index in [-0.39, 0.29) is 50.7 Å². The largest absolute Gasteiger partial charge is 4.00 e. The maximum Gasteiger partial charge on any atom is 4.00 e. The number of hydrogen-bond acceptors (Lipinski definition) is 0. The zero-order chi connectivity index (χ0) is 12.0. The van der Waals surface area contributed by atoms with Crippen molar-refractivity contribution >= 4 is 13.3 Å². The molecular weight excluding hydrogens is 470 g/mol. The molecule has 0 saturated carbocycles. The van der Waals surface area contributed by atoms with Gasteiger partial charge < -0.3 is 24.8 Å². The molecule has 1 aliphatic carbocycles. The molecule has 0 unspecified atom stereocenters. The summed E-state index contributed by atoms with van der Waals surface area (Å²) in [5.74, 6) is 0. The topological polar surface area (TPSA) is 0 Å². The molecule has 0 N–H and O–H groups in total. The Balaban J connectivity index is 0. The summed E-state index contributed by atoms with van der Waals surface area (Å²) in [6.07, 6.45) is 12.9. The van der Waals surface area contributed by atoms with Crippen LogP contribution in [0.25, 0.3) is 0 Å². The Kier molecular flexibility index (Phi) is 13.8. The minimum atomic E-state index is -0.867. The molecule has 2 aliphatic rings. The second-order valence-electron chi connectivity index (χ2n) is 5.06. The van der Waals surface area contributed by atoms with Crippen molar-refractivity contribution in [2.75, 3.05) is 0 Å². The van der Waals surface area contributed by atoms with Crippen LogP contribution in [0, 0.1) is 6.08 Å².